The van der Waals surface area contributed by atoms with Gasteiger partial charge in [0.05, 0.1) is 12.8 Å². The Kier molecular flexibility index (Phi) is 5.50. The molecule has 132 valence electrons. The SMILES string of the molecule is CCNC(=O)CN1CCN(C(=O)c2occc2-c2ccccc2)CC1. The number of piperazine rings is 1. The van der Waals surface area contributed by atoms with Crippen LogP contribution in [0.3, 0.4) is 0 Å². The summed E-state index contributed by atoms with van der Waals surface area (Å²) in [6, 6.07) is 11.6. The van der Waals surface area contributed by atoms with Crippen LogP contribution < -0.4 is 5.32 Å². The van der Waals surface area contributed by atoms with Crippen molar-refractivity contribution in [2.75, 3.05) is 39.3 Å². The molecule has 0 saturated carbocycles. The largest absolute Gasteiger partial charge is 0.459 e. The summed E-state index contributed by atoms with van der Waals surface area (Å²) in [4.78, 5) is 28.3. The fourth-order valence-electron chi connectivity index (χ4n) is 3.03. The summed E-state index contributed by atoms with van der Waals surface area (Å²) in [5, 5.41) is 2.80. The van der Waals surface area contributed by atoms with E-state index in [0.29, 0.717) is 45.0 Å². The Morgan fingerprint density at radius 3 is 2.48 bits per heavy atom. The van der Waals surface area contributed by atoms with Gasteiger partial charge in [-0.3, -0.25) is 14.5 Å². The van der Waals surface area contributed by atoms with E-state index < -0.39 is 0 Å². The third-order valence-electron chi connectivity index (χ3n) is 4.34. The van der Waals surface area contributed by atoms with E-state index in [1.807, 2.05) is 43.3 Å². The van der Waals surface area contributed by atoms with E-state index in [1.165, 1.54) is 0 Å². The van der Waals surface area contributed by atoms with Crippen molar-refractivity contribution in [2.24, 2.45) is 0 Å². The van der Waals surface area contributed by atoms with Crippen LogP contribution in [-0.2, 0) is 4.79 Å². The van der Waals surface area contributed by atoms with Gasteiger partial charge in [0.1, 0.15) is 0 Å². The molecular formula is C19H23N3O3. The predicted octanol–water partition coefficient (Wildman–Crippen LogP) is 1.84. The van der Waals surface area contributed by atoms with Crippen molar-refractivity contribution in [3.8, 4) is 11.1 Å². The predicted molar refractivity (Wildman–Crippen MR) is 95.2 cm³/mol. The second kappa shape index (κ2) is 7.98. The van der Waals surface area contributed by atoms with Crippen LogP contribution in [0.1, 0.15) is 17.5 Å². The number of benzene rings is 1. The number of hydrogen-bond acceptors (Lipinski definition) is 4. The molecular weight excluding hydrogens is 318 g/mol. The van der Waals surface area contributed by atoms with Gasteiger partial charge < -0.3 is 14.6 Å². The minimum atomic E-state index is -0.0958. The number of carbonyl (C=O) groups is 2. The van der Waals surface area contributed by atoms with Gasteiger partial charge >= 0.3 is 0 Å². The monoisotopic (exact) mass is 341 g/mol. The molecule has 1 aromatic heterocycles. The smallest absolute Gasteiger partial charge is 0.290 e. The molecule has 2 heterocycles. The highest BCUT2D eigenvalue weighted by Crippen LogP contribution is 2.26. The van der Waals surface area contributed by atoms with Crippen LogP contribution in [0, 0.1) is 0 Å². The third-order valence-corrected chi connectivity index (χ3v) is 4.34. The molecule has 6 heteroatoms. The second-order valence-corrected chi connectivity index (χ2v) is 6.05. The van der Waals surface area contributed by atoms with Gasteiger partial charge in [-0.15, -0.1) is 0 Å². The van der Waals surface area contributed by atoms with Crippen molar-refractivity contribution < 1.29 is 14.0 Å². The van der Waals surface area contributed by atoms with E-state index in [0.717, 1.165) is 11.1 Å². The Balaban J connectivity index is 1.62. The van der Waals surface area contributed by atoms with Gasteiger partial charge in [-0.25, -0.2) is 0 Å². The van der Waals surface area contributed by atoms with E-state index in [1.54, 1.807) is 11.2 Å². The van der Waals surface area contributed by atoms with Crippen LogP contribution in [0.4, 0.5) is 0 Å². The Hall–Kier alpha value is -2.60. The standard InChI is InChI=1S/C19H23N3O3/c1-2-20-17(23)14-21-9-11-22(12-10-21)19(24)18-16(8-13-25-18)15-6-4-3-5-7-15/h3-8,13H,2,9-12,14H2,1H3,(H,20,23). The Labute approximate surface area is 147 Å². The molecule has 0 radical (unpaired) electrons. The van der Waals surface area contributed by atoms with Crippen molar-refractivity contribution in [3.63, 3.8) is 0 Å². The molecule has 1 aliphatic heterocycles. The lowest BCUT2D eigenvalue weighted by Crippen LogP contribution is -2.51. The van der Waals surface area contributed by atoms with Crippen LogP contribution in [0.25, 0.3) is 11.1 Å². The minimum absolute atomic E-state index is 0.0275. The lowest BCUT2D eigenvalue weighted by molar-refractivity contribution is -0.122. The molecule has 0 atom stereocenters. The van der Waals surface area contributed by atoms with Gasteiger partial charge in [-0.2, -0.15) is 0 Å². The molecule has 3 rings (SSSR count). The van der Waals surface area contributed by atoms with E-state index in [4.69, 9.17) is 4.42 Å². The number of amides is 2. The molecule has 1 aromatic carbocycles. The lowest BCUT2D eigenvalue weighted by Gasteiger charge is -2.34. The second-order valence-electron chi connectivity index (χ2n) is 6.05. The van der Waals surface area contributed by atoms with Gasteiger partial charge in [0.15, 0.2) is 5.76 Å². The van der Waals surface area contributed by atoms with Crippen molar-refractivity contribution in [3.05, 3.63) is 48.4 Å². The van der Waals surface area contributed by atoms with Gasteiger partial charge in [0.2, 0.25) is 5.91 Å². The number of furan rings is 1. The quantitative estimate of drug-likeness (QED) is 0.901. The van der Waals surface area contributed by atoms with E-state index >= 15 is 0 Å². The summed E-state index contributed by atoms with van der Waals surface area (Å²) in [5.41, 5.74) is 1.78. The number of nitrogens with zero attached hydrogens (tertiary/aromatic N) is 2. The van der Waals surface area contributed by atoms with E-state index in [9.17, 15) is 9.59 Å². The topological polar surface area (TPSA) is 65.8 Å². The molecule has 1 fully saturated rings. The van der Waals surface area contributed by atoms with E-state index in [2.05, 4.69) is 10.2 Å². The van der Waals surface area contributed by atoms with Gasteiger partial charge in [-0.05, 0) is 18.6 Å². The number of carbonyl (C=O) groups excluding carboxylic acids is 2. The third kappa shape index (κ3) is 4.09. The zero-order chi connectivity index (χ0) is 17.6. The van der Waals surface area contributed by atoms with Crippen molar-refractivity contribution in [1.82, 2.24) is 15.1 Å². The van der Waals surface area contributed by atoms with Crippen molar-refractivity contribution in [2.45, 2.75) is 6.92 Å². The lowest BCUT2D eigenvalue weighted by atomic mass is 10.1. The normalized spacial score (nSPS) is 15.2. The molecule has 0 aliphatic carbocycles. The minimum Gasteiger partial charge on any atom is -0.459 e. The molecule has 0 spiro atoms. The number of likely N-dealkylation sites (N-methyl/N-ethyl adjacent to an activating group) is 1. The summed E-state index contributed by atoms with van der Waals surface area (Å²) < 4.78 is 5.49. The number of nitrogens with one attached hydrogen (secondary N) is 1. The molecule has 1 N–H and O–H groups in total. The maximum Gasteiger partial charge on any atom is 0.290 e. The first-order valence-corrected chi connectivity index (χ1v) is 8.60. The van der Waals surface area contributed by atoms with Crippen molar-refractivity contribution in [1.29, 1.82) is 0 Å². The van der Waals surface area contributed by atoms with E-state index in [-0.39, 0.29) is 11.8 Å². The van der Waals surface area contributed by atoms with Gasteiger partial charge in [0, 0.05) is 38.3 Å². The van der Waals surface area contributed by atoms with Gasteiger partial charge in [-0.1, -0.05) is 30.3 Å². The molecule has 0 bridgehead atoms. The summed E-state index contributed by atoms with van der Waals surface area (Å²) in [5.74, 6) is 0.310. The van der Waals surface area contributed by atoms with Gasteiger partial charge in [0.25, 0.3) is 5.91 Å². The highest BCUT2D eigenvalue weighted by molar-refractivity contribution is 5.98. The number of hydrogen-bond donors (Lipinski definition) is 1. The van der Waals surface area contributed by atoms with Crippen LogP contribution in [-0.4, -0.2) is 60.9 Å². The van der Waals surface area contributed by atoms with Crippen LogP contribution in [0.15, 0.2) is 47.1 Å². The van der Waals surface area contributed by atoms with Crippen molar-refractivity contribution >= 4 is 11.8 Å². The average molecular weight is 341 g/mol. The summed E-state index contributed by atoms with van der Waals surface area (Å²) >= 11 is 0. The first-order valence-electron chi connectivity index (χ1n) is 8.60. The first kappa shape index (κ1) is 17.2. The highest BCUT2D eigenvalue weighted by Gasteiger charge is 2.27. The molecule has 1 saturated heterocycles. The van der Waals surface area contributed by atoms with Crippen LogP contribution in [0.2, 0.25) is 0 Å². The maximum atomic E-state index is 12.8. The molecule has 0 unspecified atom stereocenters. The Morgan fingerprint density at radius 2 is 1.80 bits per heavy atom. The Bertz CT molecular complexity index is 719. The zero-order valence-corrected chi connectivity index (χ0v) is 14.4. The first-order chi connectivity index (χ1) is 12.2. The fraction of sp³-hybridized carbons (Fsp3) is 0.368. The molecule has 1 aliphatic rings. The van der Waals surface area contributed by atoms with Crippen LogP contribution >= 0.6 is 0 Å². The fourth-order valence-corrected chi connectivity index (χ4v) is 3.03. The summed E-state index contributed by atoms with van der Waals surface area (Å²) in [7, 11) is 0. The maximum absolute atomic E-state index is 12.8. The summed E-state index contributed by atoms with van der Waals surface area (Å²) in [6.07, 6.45) is 1.56. The molecule has 25 heavy (non-hydrogen) atoms. The average Bonchev–Trinajstić information content (AvgIpc) is 3.12. The number of rotatable bonds is 5. The summed E-state index contributed by atoms with van der Waals surface area (Å²) in [6.45, 7) is 5.47. The highest BCUT2D eigenvalue weighted by atomic mass is 16.3. The molecule has 2 aromatic rings. The molecule has 6 nitrogen and oxygen atoms in total. The molecule has 2 amide bonds. The zero-order valence-electron chi connectivity index (χ0n) is 14.4. The Morgan fingerprint density at radius 1 is 1.08 bits per heavy atom. The van der Waals surface area contributed by atoms with Crippen LogP contribution in [0.5, 0.6) is 0 Å².